The number of carbonyl (C=O) groups is 2. The molecule has 2 amide bonds. The van der Waals surface area contributed by atoms with Crippen LogP contribution in [0.2, 0.25) is 0 Å². The maximum absolute atomic E-state index is 11.2. The molecule has 3 N–H and O–H groups in total. The second-order valence-corrected chi connectivity index (χ2v) is 3.55. The molecule has 6 heteroatoms. The van der Waals surface area contributed by atoms with Gasteiger partial charge in [-0.1, -0.05) is 0 Å². The second kappa shape index (κ2) is 5.55. The predicted molar refractivity (Wildman–Crippen MR) is 52.6 cm³/mol. The fourth-order valence-electron chi connectivity index (χ4n) is 1.32. The van der Waals surface area contributed by atoms with Crippen LogP contribution < -0.4 is 10.6 Å². The largest absolute Gasteiger partial charge is 0.480 e. The van der Waals surface area contributed by atoms with Gasteiger partial charge in [-0.05, 0) is 19.8 Å². The van der Waals surface area contributed by atoms with Gasteiger partial charge < -0.3 is 20.5 Å². The van der Waals surface area contributed by atoms with Crippen molar-refractivity contribution in [1.29, 1.82) is 0 Å². The standard InChI is InChI=1S/C9H16N2O4/c1-6(8(12)13)11-9(14)10-5-7-3-2-4-15-7/h6-7H,2-5H2,1H3,(H,12,13)(H2,10,11,14)/t6-,7+/m1/s1. The van der Waals surface area contributed by atoms with Gasteiger partial charge in [0.15, 0.2) is 0 Å². The predicted octanol–water partition coefficient (Wildman–Crippen LogP) is -0.0623. The van der Waals surface area contributed by atoms with Crippen molar-refractivity contribution in [3.63, 3.8) is 0 Å². The highest BCUT2D eigenvalue weighted by atomic mass is 16.5. The summed E-state index contributed by atoms with van der Waals surface area (Å²) in [6.07, 6.45) is 2.02. The molecule has 0 unspecified atom stereocenters. The van der Waals surface area contributed by atoms with Crippen LogP contribution in [0.5, 0.6) is 0 Å². The van der Waals surface area contributed by atoms with Gasteiger partial charge in [0.25, 0.3) is 0 Å². The zero-order chi connectivity index (χ0) is 11.3. The molecule has 1 saturated heterocycles. The summed E-state index contributed by atoms with van der Waals surface area (Å²) in [7, 11) is 0. The first-order valence-electron chi connectivity index (χ1n) is 4.98. The number of carboxylic acid groups (broad SMARTS) is 1. The maximum Gasteiger partial charge on any atom is 0.325 e. The molecule has 86 valence electrons. The molecular weight excluding hydrogens is 200 g/mol. The third-order valence-corrected chi connectivity index (χ3v) is 2.23. The SMILES string of the molecule is C[C@@H](NC(=O)NC[C@@H]1CCCO1)C(=O)O. The molecule has 0 radical (unpaired) electrons. The number of hydrogen-bond acceptors (Lipinski definition) is 3. The minimum Gasteiger partial charge on any atom is -0.480 e. The Balaban J connectivity index is 2.15. The van der Waals surface area contributed by atoms with E-state index >= 15 is 0 Å². The van der Waals surface area contributed by atoms with Crippen LogP contribution in [-0.4, -0.2) is 42.4 Å². The fourth-order valence-corrected chi connectivity index (χ4v) is 1.32. The molecule has 0 aliphatic carbocycles. The average molecular weight is 216 g/mol. The summed E-state index contributed by atoms with van der Waals surface area (Å²) >= 11 is 0. The van der Waals surface area contributed by atoms with Crippen molar-refractivity contribution < 1.29 is 19.4 Å². The van der Waals surface area contributed by atoms with Crippen molar-refractivity contribution in [2.45, 2.75) is 31.9 Å². The van der Waals surface area contributed by atoms with E-state index in [0.717, 1.165) is 19.4 Å². The molecular formula is C9H16N2O4. The summed E-state index contributed by atoms with van der Waals surface area (Å²) in [4.78, 5) is 21.6. The van der Waals surface area contributed by atoms with Crippen LogP contribution in [-0.2, 0) is 9.53 Å². The molecule has 1 rings (SSSR count). The molecule has 15 heavy (non-hydrogen) atoms. The number of nitrogens with one attached hydrogen (secondary N) is 2. The number of urea groups is 1. The lowest BCUT2D eigenvalue weighted by Gasteiger charge is -2.13. The second-order valence-electron chi connectivity index (χ2n) is 3.55. The number of carboxylic acids is 1. The molecule has 1 fully saturated rings. The summed E-state index contributed by atoms with van der Waals surface area (Å²) in [5, 5.41) is 13.4. The Hall–Kier alpha value is -1.30. The minimum absolute atomic E-state index is 0.0656. The number of aliphatic carboxylic acids is 1. The maximum atomic E-state index is 11.2. The summed E-state index contributed by atoms with van der Waals surface area (Å²) in [6.45, 7) is 2.58. The minimum atomic E-state index is -1.05. The number of carbonyl (C=O) groups excluding carboxylic acids is 1. The topological polar surface area (TPSA) is 87.7 Å². The fraction of sp³-hybridized carbons (Fsp3) is 0.778. The molecule has 0 spiro atoms. The highest BCUT2D eigenvalue weighted by molar-refractivity contribution is 5.82. The molecule has 1 aliphatic heterocycles. The Labute approximate surface area is 88.0 Å². The van der Waals surface area contributed by atoms with E-state index in [1.807, 2.05) is 0 Å². The lowest BCUT2D eigenvalue weighted by molar-refractivity contribution is -0.138. The number of amides is 2. The smallest absolute Gasteiger partial charge is 0.325 e. The van der Waals surface area contributed by atoms with Crippen LogP contribution in [0.1, 0.15) is 19.8 Å². The molecule has 0 bridgehead atoms. The van der Waals surface area contributed by atoms with E-state index in [1.165, 1.54) is 6.92 Å². The first-order valence-corrected chi connectivity index (χ1v) is 4.98. The van der Waals surface area contributed by atoms with Gasteiger partial charge in [0.05, 0.1) is 6.10 Å². The molecule has 0 saturated carbocycles. The molecule has 0 aromatic carbocycles. The van der Waals surface area contributed by atoms with E-state index in [1.54, 1.807) is 0 Å². The highest BCUT2D eigenvalue weighted by Gasteiger charge is 2.18. The molecule has 2 atom stereocenters. The third kappa shape index (κ3) is 4.16. The Morgan fingerprint density at radius 2 is 2.33 bits per heavy atom. The van der Waals surface area contributed by atoms with Crippen molar-refractivity contribution in [2.75, 3.05) is 13.2 Å². The molecule has 6 nitrogen and oxygen atoms in total. The zero-order valence-electron chi connectivity index (χ0n) is 8.66. The Morgan fingerprint density at radius 3 is 2.87 bits per heavy atom. The van der Waals surface area contributed by atoms with Crippen molar-refractivity contribution in [2.24, 2.45) is 0 Å². The van der Waals surface area contributed by atoms with Crippen molar-refractivity contribution in [3.8, 4) is 0 Å². The van der Waals surface area contributed by atoms with Gasteiger partial charge in [-0.3, -0.25) is 4.79 Å². The molecule has 0 aromatic rings. The van der Waals surface area contributed by atoms with Gasteiger partial charge in [-0.2, -0.15) is 0 Å². The van der Waals surface area contributed by atoms with Crippen LogP contribution in [0.3, 0.4) is 0 Å². The lowest BCUT2D eigenvalue weighted by Crippen LogP contribution is -2.46. The monoisotopic (exact) mass is 216 g/mol. The first kappa shape index (κ1) is 11.8. The normalized spacial score (nSPS) is 22.1. The highest BCUT2D eigenvalue weighted by Crippen LogP contribution is 2.10. The van der Waals surface area contributed by atoms with Crippen molar-refractivity contribution in [1.82, 2.24) is 10.6 Å². The average Bonchev–Trinajstić information content (AvgIpc) is 2.66. The Bertz CT molecular complexity index is 238. The molecule has 1 aliphatic rings. The Kier molecular flexibility index (Phi) is 4.36. The van der Waals surface area contributed by atoms with Crippen molar-refractivity contribution in [3.05, 3.63) is 0 Å². The number of rotatable bonds is 4. The van der Waals surface area contributed by atoms with Gasteiger partial charge in [0.1, 0.15) is 6.04 Å². The number of ether oxygens (including phenoxy) is 1. The first-order chi connectivity index (χ1) is 7.09. The van der Waals surface area contributed by atoms with Gasteiger partial charge in [-0.25, -0.2) is 4.79 Å². The van der Waals surface area contributed by atoms with E-state index in [4.69, 9.17) is 9.84 Å². The van der Waals surface area contributed by atoms with Crippen LogP contribution in [0.15, 0.2) is 0 Å². The lowest BCUT2D eigenvalue weighted by atomic mass is 10.2. The van der Waals surface area contributed by atoms with E-state index in [2.05, 4.69) is 10.6 Å². The summed E-state index contributed by atoms with van der Waals surface area (Å²) in [5.74, 6) is -1.05. The van der Waals surface area contributed by atoms with Gasteiger partial charge >= 0.3 is 12.0 Å². The molecule has 0 aromatic heterocycles. The van der Waals surface area contributed by atoms with E-state index < -0.39 is 18.0 Å². The van der Waals surface area contributed by atoms with Crippen LogP contribution in [0, 0.1) is 0 Å². The zero-order valence-corrected chi connectivity index (χ0v) is 8.66. The van der Waals surface area contributed by atoms with Crippen molar-refractivity contribution >= 4 is 12.0 Å². The van der Waals surface area contributed by atoms with Crippen LogP contribution in [0.25, 0.3) is 0 Å². The summed E-state index contributed by atoms with van der Waals surface area (Å²) < 4.78 is 5.30. The molecule has 1 heterocycles. The van der Waals surface area contributed by atoms with E-state index in [0.29, 0.717) is 6.54 Å². The Morgan fingerprint density at radius 1 is 1.60 bits per heavy atom. The van der Waals surface area contributed by atoms with Crippen LogP contribution in [0.4, 0.5) is 4.79 Å². The van der Waals surface area contributed by atoms with Gasteiger partial charge in [0.2, 0.25) is 0 Å². The van der Waals surface area contributed by atoms with E-state index in [-0.39, 0.29) is 6.10 Å². The van der Waals surface area contributed by atoms with Crippen LogP contribution >= 0.6 is 0 Å². The van der Waals surface area contributed by atoms with E-state index in [9.17, 15) is 9.59 Å². The quantitative estimate of drug-likeness (QED) is 0.614. The van der Waals surface area contributed by atoms with Gasteiger partial charge in [0, 0.05) is 13.2 Å². The summed E-state index contributed by atoms with van der Waals surface area (Å²) in [6, 6.07) is -1.35. The number of hydrogen-bond donors (Lipinski definition) is 3. The summed E-state index contributed by atoms with van der Waals surface area (Å²) in [5.41, 5.74) is 0. The van der Waals surface area contributed by atoms with Gasteiger partial charge in [-0.15, -0.1) is 0 Å². The third-order valence-electron chi connectivity index (χ3n) is 2.23.